The lowest BCUT2D eigenvalue weighted by atomic mass is 10.2. The minimum atomic E-state index is 0.715. The largest absolute Gasteiger partial charge is 0.491 e. The molecule has 0 spiro atoms. The zero-order valence-corrected chi connectivity index (χ0v) is 17.3. The smallest absolute Gasteiger partial charge is 0.147 e. The van der Waals surface area contributed by atoms with Crippen LogP contribution in [0.2, 0.25) is 0 Å². The van der Waals surface area contributed by atoms with Gasteiger partial charge in [0.2, 0.25) is 0 Å². The average Bonchev–Trinajstić information content (AvgIpc) is 3.01. The van der Waals surface area contributed by atoms with Crippen LogP contribution >= 0.6 is 31.9 Å². The predicted octanol–water partition coefficient (Wildman–Crippen LogP) is 5.21. The Hall–Kier alpha value is -1.37. The molecule has 0 unspecified atom stereocenters. The number of nitrogens with zero attached hydrogens (tertiary/aromatic N) is 1. The molecule has 0 aliphatic rings. The maximum atomic E-state index is 5.76. The van der Waals surface area contributed by atoms with Crippen LogP contribution in [0.4, 0.5) is 0 Å². The quantitative estimate of drug-likeness (QED) is 0.448. The summed E-state index contributed by atoms with van der Waals surface area (Å²) in [6.07, 6.45) is 1.86. The lowest BCUT2D eigenvalue weighted by molar-refractivity contribution is 0.313. The SMILES string of the molecule is CCCOc1c(Br)cc(CNCCc2nc3ccccc3[nH]2)cc1Br. The Labute approximate surface area is 164 Å². The van der Waals surface area contributed by atoms with Crippen molar-refractivity contribution in [3.8, 4) is 5.75 Å². The number of para-hydroxylation sites is 2. The first-order valence-electron chi connectivity index (χ1n) is 8.42. The van der Waals surface area contributed by atoms with Crippen LogP contribution in [0.1, 0.15) is 24.7 Å². The molecule has 2 N–H and O–H groups in total. The lowest BCUT2D eigenvalue weighted by Crippen LogP contribution is -2.17. The molecule has 0 amide bonds. The third-order valence-electron chi connectivity index (χ3n) is 3.81. The normalized spacial score (nSPS) is 11.2. The zero-order chi connectivity index (χ0) is 17.6. The van der Waals surface area contributed by atoms with E-state index in [4.69, 9.17) is 4.74 Å². The molecule has 3 rings (SSSR count). The highest BCUT2D eigenvalue weighted by Crippen LogP contribution is 2.34. The van der Waals surface area contributed by atoms with E-state index >= 15 is 0 Å². The molecule has 0 bridgehead atoms. The van der Waals surface area contributed by atoms with E-state index in [0.29, 0.717) is 6.61 Å². The molecule has 0 saturated heterocycles. The van der Waals surface area contributed by atoms with Gasteiger partial charge in [0.05, 0.1) is 26.6 Å². The van der Waals surface area contributed by atoms with E-state index < -0.39 is 0 Å². The van der Waals surface area contributed by atoms with Crippen molar-refractivity contribution >= 4 is 42.9 Å². The average molecular weight is 467 g/mol. The number of hydrogen-bond acceptors (Lipinski definition) is 3. The van der Waals surface area contributed by atoms with Gasteiger partial charge in [-0.3, -0.25) is 0 Å². The number of halogens is 2. The summed E-state index contributed by atoms with van der Waals surface area (Å²) in [5.74, 6) is 1.88. The maximum absolute atomic E-state index is 5.76. The third-order valence-corrected chi connectivity index (χ3v) is 4.99. The summed E-state index contributed by atoms with van der Waals surface area (Å²) in [4.78, 5) is 7.96. The van der Waals surface area contributed by atoms with Crippen LogP contribution in [-0.4, -0.2) is 23.1 Å². The molecule has 0 fully saturated rings. The number of aromatic nitrogens is 2. The summed E-state index contributed by atoms with van der Waals surface area (Å²) in [6, 6.07) is 12.3. The Bertz CT molecular complexity index is 792. The highest BCUT2D eigenvalue weighted by atomic mass is 79.9. The molecular formula is C19H21Br2N3O. The van der Waals surface area contributed by atoms with Gasteiger partial charge in [0.1, 0.15) is 11.6 Å². The number of benzene rings is 2. The van der Waals surface area contributed by atoms with Crippen LogP contribution in [0.15, 0.2) is 45.3 Å². The number of hydrogen-bond donors (Lipinski definition) is 2. The van der Waals surface area contributed by atoms with Crippen molar-refractivity contribution in [1.29, 1.82) is 0 Å². The number of rotatable bonds is 8. The van der Waals surface area contributed by atoms with E-state index in [1.165, 1.54) is 5.56 Å². The first-order chi connectivity index (χ1) is 12.2. The molecule has 0 aliphatic carbocycles. The molecule has 25 heavy (non-hydrogen) atoms. The van der Waals surface area contributed by atoms with Crippen molar-refractivity contribution in [1.82, 2.24) is 15.3 Å². The van der Waals surface area contributed by atoms with E-state index in [-0.39, 0.29) is 0 Å². The van der Waals surface area contributed by atoms with Gasteiger partial charge in [0.15, 0.2) is 0 Å². The van der Waals surface area contributed by atoms with Crippen LogP contribution in [0.3, 0.4) is 0 Å². The fourth-order valence-corrected chi connectivity index (χ4v) is 4.13. The van der Waals surface area contributed by atoms with Crippen LogP contribution in [-0.2, 0) is 13.0 Å². The summed E-state index contributed by atoms with van der Waals surface area (Å²) in [7, 11) is 0. The van der Waals surface area contributed by atoms with Crippen molar-refractivity contribution in [2.45, 2.75) is 26.3 Å². The fourth-order valence-electron chi connectivity index (χ4n) is 2.62. The van der Waals surface area contributed by atoms with Crippen LogP contribution < -0.4 is 10.1 Å². The number of imidazole rings is 1. The first kappa shape index (κ1) is 18.4. The number of nitrogens with one attached hydrogen (secondary N) is 2. The third kappa shape index (κ3) is 4.84. The van der Waals surface area contributed by atoms with Gasteiger partial charge < -0.3 is 15.0 Å². The Balaban J connectivity index is 1.53. The molecule has 3 aromatic rings. The maximum Gasteiger partial charge on any atom is 0.147 e. The van der Waals surface area contributed by atoms with Crippen molar-refractivity contribution < 1.29 is 4.74 Å². The first-order valence-corrected chi connectivity index (χ1v) is 10.0. The number of fused-ring (bicyclic) bond motifs is 1. The van der Waals surface area contributed by atoms with E-state index in [2.05, 4.69) is 72.3 Å². The van der Waals surface area contributed by atoms with Gasteiger partial charge in [-0.05, 0) is 68.1 Å². The Morgan fingerprint density at radius 3 is 2.64 bits per heavy atom. The van der Waals surface area contributed by atoms with E-state index in [0.717, 1.165) is 57.5 Å². The van der Waals surface area contributed by atoms with Crippen LogP contribution in [0, 0.1) is 0 Å². The summed E-state index contributed by atoms with van der Waals surface area (Å²) in [6.45, 7) is 4.48. The minimum absolute atomic E-state index is 0.715. The second-order valence-electron chi connectivity index (χ2n) is 5.86. The second kappa shape index (κ2) is 8.83. The monoisotopic (exact) mass is 465 g/mol. The molecule has 0 atom stereocenters. The summed E-state index contributed by atoms with van der Waals surface area (Å²) in [5.41, 5.74) is 3.31. The van der Waals surface area contributed by atoms with Gasteiger partial charge in [-0.1, -0.05) is 19.1 Å². The molecular weight excluding hydrogens is 446 g/mol. The van der Waals surface area contributed by atoms with Crippen molar-refractivity contribution in [2.75, 3.05) is 13.2 Å². The lowest BCUT2D eigenvalue weighted by Gasteiger charge is -2.12. The Kier molecular flexibility index (Phi) is 6.51. The number of aromatic amines is 1. The van der Waals surface area contributed by atoms with Crippen LogP contribution in [0.5, 0.6) is 5.75 Å². The van der Waals surface area contributed by atoms with E-state index in [1.807, 2.05) is 18.2 Å². The number of H-pyrrole nitrogens is 1. The van der Waals surface area contributed by atoms with Gasteiger partial charge >= 0.3 is 0 Å². The van der Waals surface area contributed by atoms with Crippen LogP contribution in [0.25, 0.3) is 11.0 Å². The minimum Gasteiger partial charge on any atom is -0.491 e. The van der Waals surface area contributed by atoms with Gasteiger partial charge in [-0.2, -0.15) is 0 Å². The van der Waals surface area contributed by atoms with E-state index in [9.17, 15) is 0 Å². The summed E-state index contributed by atoms with van der Waals surface area (Å²) >= 11 is 7.19. The highest BCUT2D eigenvalue weighted by Gasteiger charge is 2.09. The van der Waals surface area contributed by atoms with Crippen molar-refractivity contribution in [3.63, 3.8) is 0 Å². The standard InChI is InChI=1S/C19H21Br2N3O/c1-2-9-25-19-14(20)10-13(11-15(19)21)12-22-8-7-18-23-16-5-3-4-6-17(16)24-18/h3-6,10-11,22H,2,7-9,12H2,1H3,(H,23,24). The molecule has 4 nitrogen and oxygen atoms in total. The van der Waals surface area contributed by atoms with Gasteiger partial charge in [-0.15, -0.1) is 0 Å². The van der Waals surface area contributed by atoms with E-state index in [1.54, 1.807) is 0 Å². The van der Waals surface area contributed by atoms with Crippen molar-refractivity contribution in [2.24, 2.45) is 0 Å². The molecule has 0 aliphatic heterocycles. The number of ether oxygens (including phenoxy) is 1. The summed E-state index contributed by atoms with van der Waals surface area (Å²) in [5, 5.41) is 3.47. The highest BCUT2D eigenvalue weighted by molar-refractivity contribution is 9.11. The molecule has 0 radical (unpaired) electrons. The molecule has 1 heterocycles. The van der Waals surface area contributed by atoms with Gasteiger partial charge in [0, 0.05) is 19.5 Å². The Morgan fingerprint density at radius 1 is 1.16 bits per heavy atom. The molecule has 2 aromatic carbocycles. The second-order valence-corrected chi connectivity index (χ2v) is 7.57. The van der Waals surface area contributed by atoms with Crippen molar-refractivity contribution in [3.05, 3.63) is 56.7 Å². The van der Waals surface area contributed by atoms with Gasteiger partial charge in [0.25, 0.3) is 0 Å². The topological polar surface area (TPSA) is 49.9 Å². The molecule has 132 valence electrons. The molecule has 0 saturated carbocycles. The summed E-state index contributed by atoms with van der Waals surface area (Å²) < 4.78 is 7.71. The van der Waals surface area contributed by atoms with Gasteiger partial charge in [-0.25, -0.2) is 4.98 Å². The molecule has 6 heteroatoms. The fraction of sp³-hybridized carbons (Fsp3) is 0.316. The molecule has 1 aromatic heterocycles. The zero-order valence-electron chi connectivity index (χ0n) is 14.1. The predicted molar refractivity (Wildman–Crippen MR) is 109 cm³/mol. The Morgan fingerprint density at radius 2 is 1.92 bits per heavy atom.